The van der Waals surface area contributed by atoms with Gasteiger partial charge in [-0.2, -0.15) is 0 Å². The van der Waals surface area contributed by atoms with E-state index in [1.807, 2.05) is 57.2 Å². The van der Waals surface area contributed by atoms with E-state index in [4.69, 9.17) is 9.47 Å². The maximum atomic E-state index is 13.1. The molecular weight excluding hydrogens is 318 g/mol. The molecule has 0 N–H and O–H groups in total. The number of ether oxygens (including phenoxy) is 2. The predicted octanol–water partition coefficient (Wildman–Crippen LogP) is 2.48. The van der Waals surface area contributed by atoms with Gasteiger partial charge in [-0.25, -0.2) is 0 Å². The minimum Gasteiger partial charge on any atom is -0.465 e. The summed E-state index contributed by atoms with van der Waals surface area (Å²) in [6.07, 6.45) is 3.51. The molecule has 0 aromatic heterocycles. The number of rotatable bonds is 4. The summed E-state index contributed by atoms with van der Waals surface area (Å²) in [4.78, 5) is 27.5. The zero-order chi connectivity index (χ0) is 17.8. The van der Waals surface area contributed by atoms with Crippen LogP contribution in [0.4, 0.5) is 5.69 Å². The third-order valence-corrected chi connectivity index (χ3v) is 5.24. The van der Waals surface area contributed by atoms with Crippen LogP contribution in [0.15, 0.2) is 36.4 Å². The number of benzene rings is 1. The molecule has 4 atom stereocenters. The van der Waals surface area contributed by atoms with Gasteiger partial charge in [-0.05, 0) is 30.5 Å². The van der Waals surface area contributed by atoms with Crippen LogP contribution < -0.4 is 4.90 Å². The van der Waals surface area contributed by atoms with Crippen LogP contribution in [0.25, 0.3) is 0 Å². The molecule has 2 fully saturated rings. The van der Waals surface area contributed by atoms with Crippen molar-refractivity contribution in [2.24, 2.45) is 17.8 Å². The Labute approximate surface area is 147 Å². The predicted molar refractivity (Wildman–Crippen MR) is 93.1 cm³/mol. The lowest BCUT2D eigenvalue weighted by atomic mass is 9.77. The summed E-state index contributed by atoms with van der Waals surface area (Å²) in [6, 6.07) is 7.84. The Bertz CT molecular complexity index is 756. The molecule has 25 heavy (non-hydrogen) atoms. The van der Waals surface area contributed by atoms with Gasteiger partial charge in [-0.15, -0.1) is 0 Å². The Hall–Kier alpha value is -2.14. The van der Waals surface area contributed by atoms with Gasteiger partial charge in [0.15, 0.2) is 0 Å². The first-order valence-electron chi connectivity index (χ1n) is 8.83. The van der Waals surface area contributed by atoms with Crippen molar-refractivity contribution in [1.29, 1.82) is 0 Å². The lowest BCUT2D eigenvalue weighted by molar-refractivity contribution is -0.153. The van der Waals surface area contributed by atoms with Crippen LogP contribution in [-0.2, 0) is 19.1 Å². The Kier molecular flexibility index (Phi) is 3.72. The van der Waals surface area contributed by atoms with Gasteiger partial charge in [0.05, 0.1) is 25.2 Å². The summed E-state index contributed by atoms with van der Waals surface area (Å²) in [5.41, 5.74) is 1.24. The van der Waals surface area contributed by atoms with Crippen molar-refractivity contribution >= 4 is 17.6 Å². The molecule has 3 heterocycles. The van der Waals surface area contributed by atoms with Crippen molar-refractivity contribution in [3.8, 4) is 0 Å². The van der Waals surface area contributed by atoms with Gasteiger partial charge in [0.1, 0.15) is 11.5 Å². The summed E-state index contributed by atoms with van der Waals surface area (Å²) >= 11 is 0. The van der Waals surface area contributed by atoms with Crippen LogP contribution >= 0.6 is 0 Å². The minimum atomic E-state index is -0.701. The molecule has 0 saturated carbocycles. The third-order valence-electron chi connectivity index (χ3n) is 5.24. The SMILES string of the molecule is Cc1cccc(N2C[C@@]34C=C[C@H](O3)[C@@H](C(=O)OCC(C)C)[C@H]4C2=O)c1. The molecule has 5 nitrogen and oxygen atoms in total. The van der Waals surface area contributed by atoms with Crippen LogP contribution in [0, 0.1) is 24.7 Å². The average Bonchev–Trinajstić information content (AvgIpc) is 3.21. The number of aryl methyl sites for hydroxylation is 1. The van der Waals surface area contributed by atoms with Gasteiger partial charge in [0.25, 0.3) is 0 Å². The molecule has 4 rings (SSSR count). The quantitative estimate of drug-likeness (QED) is 0.624. The highest BCUT2D eigenvalue weighted by Gasteiger charge is 2.67. The number of anilines is 1. The molecule has 0 radical (unpaired) electrons. The molecule has 3 aliphatic rings. The highest BCUT2D eigenvalue weighted by atomic mass is 16.6. The molecule has 1 aromatic carbocycles. The zero-order valence-corrected chi connectivity index (χ0v) is 14.8. The molecule has 132 valence electrons. The smallest absolute Gasteiger partial charge is 0.312 e. The molecule has 1 spiro atoms. The van der Waals surface area contributed by atoms with E-state index in [2.05, 4.69) is 0 Å². The fourth-order valence-electron chi connectivity index (χ4n) is 4.13. The summed E-state index contributed by atoms with van der Waals surface area (Å²) < 4.78 is 11.5. The van der Waals surface area contributed by atoms with Crippen molar-refractivity contribution in [3.63, 3.8) is 0 Å². The molecule has 1 aromatic rings. The Balaban J connectivity index is 1.62. The first-order valence-corrected chi connectivity index (χ1v) is 8.83. The first-order chi connectivity index (χ1) is 11.9. The fourth-order valence-corrected chi connectivity index (χ4v) is 4.13. The first kappa shape index (κ1) is 16.3. The largest absolute Gasteiger partial charge is 0.465 e. The van der Waals surface area contributed by atoms with E-state index in [9.17, 15) is 9.59 Å². The number of carbonyl (C=O) groups is 2. The van der Waals surface area contributed by atoms with E-state index in [1.54, 1.807) is 4.90 Å². The standard InChI is InChI=1S/C20H23NO4/c1-12(2)10-24-19(23)16-15-7-8-20(25-15)11-21(18(22)17(16)20)14-6-4-5-13(3)9-14/h4-9,12,15-17H,10-11H2,1-3H3/t15-,16+,17-,20+/m0/s1. The van der Waals surface area contributed by atoms with Crippen molar-refractivity contribution in [2.45, 2.75) is 32.5 Å². The van der Waals surface area contributed by atoms with Crippen molar-refractivity contribution in [3.05, 3.63) is 42.0 Å². The lowest BCUT2D eigenvalue weighted by Gasteiger charge is -2.23. The van der Waals surface area contributed by atoms with Gasteiger partial charge in [-0.1, -0.05) is 38.1 Å². The molecule has 2 bridgehead atoms. The lowest BCUT2D eigenvalue weighted by Crippen LogP contribution is -2.40. The number of hydrogen-bond acceptors (Lipinski definition) is 4. The number of esters is 1. The maximum absolute atomic E-state index is 13.1. The number of fused-ring (bicyclic) bond motifs is 1. The summed E-state index contributed by atoms with van der Waals surface area (Å²) in [5.74, 6) is -1.16. The number of nitrogens with zero attached hydrogens (tertiary/aromatic N) is 1. The molecule has 0 aliphatic carbocycles. The normalized spacial score (nSPS) is 32.6. The molecule has 5 heteroatoms. The van der Waals surface area contributed by atoms with Gasteiger partial charge in [0, 0.05) is 5.69 Å². The number of amides is 1. The highest BCUT2D eigenvalue weighted by molar-refractivity contribution is 6.02. The van der Waals surface area contributed by atoms with E-state index in [0.717, 1.165) is 11.3 Å². The van der Waals surface area contributed by atoms with E-state index in [-0.39, 0.29) is 23.9 Å². The zero-order valence-electron chi connectivity index (χ0n) is 14.8. The van der Waals surface area contributed by atoms with Gasteiger partial charge in [-0.3, -0.25) is 9.59 Å². The van der Waals surface area contributed by atoms with Crippen LogP contribution in [0.3, 0.4) is 0 Å². The van der Waals surface area contributed by atoms with Crippen LogP contribution in [0.5, 0.6) is 0 Å². The summed E-state index contributed by atoms with van der Waals surface area (Å²) in [5, 5.41) is 0. The van der Waals surface area contributed by atoms with Crippen LogP contribution in [0.2, 0.25) is 0 Å². The maximum Gasteiger partial charge on any atom is 0.312 e. The van der Waals surface area contributed by atoms with Gasteiger partial charge in [0.2, 0.25) is 5.91 Å². The molecular formula is C20H23NO4. The Morgan fingerprint density at radius 3 is 2.96 bits per heavy atom. The van der Waals surface area contributed by atoms with Crippen molar-refractivity contribution in [2.75, 3.05) is 18.1 Å². The summed E-state index contributed by atoms with van der Waals surface area (Å²) in [6.45, 7) is 6.79. The molecule has 1 amide bonds. The van der Waals surface area contributed by atoms with E-state index < -0.39 is 17.4 Å². The third kappa shape index (κ3) is 2.49. The van der Waals surface area contributed by atoms with Crippen LogP contribution in [-0.4, -0.2) is 36.7 Å². The van der Waals surface area contributed by atoms with Crippen LogP contribution in [0.1, 0.15) is 19.4 Å². The topological polar surface area (TPSA) is 55.8 Å². The fraction of sp³-hybridized carbons (Fsp3) is 0.500. The molecule has 2 saturated heterocycles. The van der Waals surface area contributed by atoms with E-state index in [0.29, 0.717) is 13.2 Å². The molecule has 3 aliphatic heterocycles. The second kappa shape index (κ2) is 5.70. The average molecular weight is 341 g/mol. The highest BCUT2D eigenvalue weighted by Crippen LogP contribution is 2.52. The number of carbonyl (C=O) groups excluding carboxylic acids is 2. The molecule has 0 unspecified atom stereocenters. The van der Waals surface area contributed by atoms with Crippen molar-refractivity contribution in [1.82, 2.24) is 0 Å². The van der Waals surface area contributed by atoms with E-state index >= 15 is 0 Å². The summed E-state index contributed by atoms with van der Waals surface area (Å²) in [7, 11) is 0. The van der Waals surface area contributed by atoms with Crippen molar-refractivity contribution < 1.29 is 19.1 Å². The Morgan fingerprint density at radius 1 is 1.44 bits per heavy atom. The monoisotopic (exact) mass is 341 g/mol. The van der Waals surface area contributed by atoms with Gasteiger partial charge >= 0.3 is 5.97 Å². The second-order valence-corrected chi connectivity index (χ2v) is 7.69. The second-order valence-electron chi connectivity index (χ2n) is 7.69. The van der Waals surface area contributed by atoms with Gasteiger partial charge < -0.3 is 14.4 Å². The Morgan fingerprint density at radius 2 is 2.24 bits per heavy atom. The minimum absolute atomic E-state index is 0.0519. The number of hydrogen-bond donors (Lipinski definition) is 0. The van der Waals surface area contributed by atoms with E-state index in [1.165, 1.54) is 0 Å².